The van der Waals surface area contributed by atoms with E-state index in [0.717, 1.165) is 30.7 Å². The molecule has 2 unspecified atom stereocenters. The van der Waals surface area contributed by atoms with E-state index in [2.05, 4.69) is 35.0 Å². The molecule has 1 aromatic heterocycles. The molecule has 0 bridgehead atoms. The topological polar surface area (TPSA) is 31.6 Å². The van der Waals surface area contributed by atoms with Gasteiger partial charge in [-0.1, -0.05) is 6.42 Å². The second kappa shape index (κ2) is 6.51. The van der Waals surface area contributed by atoms with E-state index in [4.69, 9.17) is 4.42 Å². The Morgan fingerprint density at radius 3 is 3.00 bits per heavy atom. The lowest BCUT2D eigenvalue weighted by Gasteiger charge is -2.47. The Hall–Kier alpha value is -0.840. The number of hydrogen-bond donors (Lipinski definition) is 1. The summed E-state index contributed by atoms with van der Waals surface area (Å²) in [5.41, 5.74) is 1.36. The van der Waals surface area contributed by atoms with Crippen LogP contribution in [0, 0.1) is 6.92 Å². The molecule has 0 aliphatic carbocycles. The summed E-state index contributed by atoms with van der Waals surface area (Å²) in [5, 5.41) is 3.16. The normalized spacial score (nSPS) is 27.8. The van der Waals surface area contributed by atoms with E-state index in [9.17, 15) is 0 Å². The van der Waals surface area contributed by atoms with Crippen molar-refractivity contribution in [1.29, 1.82) is 0 Å². The van der Waals surface area contributed by atoms with Crippen LogP contribution in [-0.4, -0.2) is 48.6 Å². The number of piperazine rings is 1. The SMILES string of the molecule is CNCc1cc(CN2CC3CCCCN3CC2C)c(C)o1. The Morgan fingerprint density at radius 2 is 2.19 bits per heavy atom. The molecule has 2 aliphatic rings. The van der Waals surface area contributed by atoms with Crippen LogP contribution in [0.4, 0.5) is 0 Å². The summed E-state index contributed by atoms with van der Waals surface area (Å²) in [6.45, 7) is 10.1. The van der Waals surface area contributed by atoms with E-state index in [1.54, 1.807) is 0 Å². The molecule has 1 aromatic rings. The van der Waals surface area contributed by atoms with Gasteiger partial charge in [0.2, 0.25) is 0 Å². The highest BCUT2D eigenvalue weighted by atomic mass is 16.3. The number of fused-ring (bicyclic) bond motifs is 1. The summed E-state index contributed by atoms with van der Waals surface area (Å²) in [5.74, 6) is 2.13. The third kappa shape index (κ3) is 3.33. The van der Waals surface area contributed by atoms with E-state index in [0.29, 0.717) is 6.04 Å². The van der Waals surface area contributed by atoms with Crippen molar-refractivity contribution in [2.24, 2.45) is 0 Å². The second-order valence-electron chi connectivity index (χ2n) is 6.75. The van der Waals surface area contributed by atoms with Crippen molar-refractivity contribution in [3.05, 3.63) is 23.2 Å². The lowest BCUT2D eigenvalue weighted by Crippen LogP contribution is -2.58. The Balaban J connectivity index is 1.66. The molecule has 2 atom stereocenters. The Labute approximate surface area is 128 Å². The molecule has 21 heavy (non-hydrogen) atoms. The summed E-state index contributed by atoms with van der Waals surface area (Å²) >= 11 is 0. The van der Waals surface area contributed by atoms with E-state index in [1.807, 2.05) is 7.05 Å². The summed E-state index contributed by atoms with van der Waals surface area (Å²) in [6.07, 6.45) is 4.16. The molecule has 0 aromatic carbocycles. The third-order valence-electron chi connectivity index (χ3n) is 5.11. The van der Waals surface area contributed by atoms with Crippen molar-refractivity contribution >= 4 is 0 Å². The molecule has 2 aliphatic heterocycles. The molecule has 2 saturated heterocycles. The van der Waals surface area contributed by atoms with Crippen molar-refractivity contribution < 1.29 is 4.42 Å². The maximum atomic E-state index is 5.84. The molecule has 0 amide bonds. The zero-order valence-electron chi connectivity index (χ0n) is 13.7. The van der Waals surface area contributed by atoms with Gasteiger partial charge in [0.1, 0.15) is 11.5 Å². The Morgan fingerprint density at radius 1 is 1.33 bits per heavy atom. The maximum absolute atomic E-state index is 5.84. The van der Waals surface area contributed by atoms with E-state index in [-0.39, 0.29) is 0 Å². The average molecular weight is 291 g/mol. The van der Waals surface area contributed by atoms with Gasteiger partial charge < -0.3 is 9.73 Å². The zero-order chi connectivity index (χ0) is 14.8. The van der Waals surface area contributed by atoms with Gasteiger partial charge in [0.05, 0.1) is 6.54 Å². The van der Waals surface area contributed by atoms with Crippen LogP contribution in [0.2, 0.25) is 0 Å². The number of aryl methyl sites for hydroxylation is 1. The minimum Gasteiger partial charge on any atom is -0.465 e. The maximum Gasteiger partial charge on any atom is 0.118 e. The molecule has 0 radical (unpaired) electrons. The molecule has 3 rings (SSSR count). The average Bonchev–Trinajstić information content (AvgIpc) is 2.80. The van der Waals surface area contributed by atoms with Gasteiger partial charge in [0.25, 0.3) is 0 Å². The zero-order valence-corrected chi connectivity index (χ0v) is 13.7. The molecule has 2 fully saturated rings. The first-order chi connectivity index (χ1) is 10.2. The number of rotatable bonds is 4. The van der Waals surface area contributed by atoms with Crippen LogP contribution in [-0.2, 0) is 13.1 Å². The van der Waals surface area contributed by atoms with Crippen molar-refractivity contribution in [1.82, 2.24) is 15.1 Å². The van der Waals surface area contributed by atoms with Crippen LogP contribution in [0.15, 0.2) is 10.5 Å². The van der Waals surface area contributed by atoms with Crippen LogP contribution < -0.4 is 5.32 Å². The molecular weight excluding hydrogens is 262 g/mol. The Bertz CT molecular complexity index is 471. The molecule has 4 heteroatoms. The molecular formula is C17H29N3O. The third-order valence-corrected chi connectivity index (χ3v) is 5.11. The predicted molar refractivity (Wildman–Crippen MR) is 85.3 cm³/mol. The summed E-state index contributed by atoms with van der Waals surface area (Å²) in [4.78, 5) is 5.35. The van der Waals surface area contributed by atoms with Gasteiger partial charge in [-0.3, -0.25) is 9.80 Å². The van der Waals surface area contributed by atoms with Gasteiger partial charge in [0, 0.05) is 37.3 Å². The fraction of sp³-hybridized carbons (Fsp3) is 0.765. The van der Waals surface area contributed by atoms with Crippen LogP contribution in [0.3, 0.4) is 0 Å². The highest BCUT2D eigenvalue weighted by Crippen LogP contribution is 2.26. The van der Waals surface area contributed by atoms with Crippen molar-refractivity contribution in [3.63, 3.8) is 0 Å². The number of nitrogens with one attached hydrogen (secondary N) is 1. The molecule has 0 spiro atoms. The van der Waals surface area contributed by atoms with Gasteiger partial charge in [0.15, 0.2) is 0 Å². The standard InChI is InChI=1S/C17H29N3O/c1-13-10-19-7-5-4-6-16(19)12-20(13)11-15-8-17(9-18-3)21-14(15)2/h8,13,16,18H,4-7,9-12H2,1-3H3. The lowest BCUT2D eigenvalue weighted by molar-refractivity contribution is 0.0109. The minimum absolute atomic E-state index is 0.640. The summed E-state index contributed by atoms with van der Waals surface area (Å²) in [6, 6.07) is 3.64. The van der Waals surface area contributed by atoms with Crippen LogP contribution in [0.25, 0.3) is 0 Å². The second-order valence-corrected chi connectivity index (χ2v) is 6.75. The summed E-state index contributed by atoms with van der Waals surface area (Å²) in [7, 11) is 1.96. The van der Waals surface area contributed by atoms with Gasteiger partial charge >= 0.3 is 0 Å². The number of furan rings is 1. The van der Waals surface area contributed by atoms with E-state index < -0.39 is 0 Å². The largest absolute Gasteiger partial charge is 0.465 e. The number of piperidine rings is 1. The first-order valence-corrected chi connectivity index (χ1v) is 8.38. The van der Waals surface area contributed by atoms with Crippen LogP contribution in [0.1, 0.15) is 43.3 Å². The van der Waals surface area contributed by atoms with Crippen molar-refractivity contribution in [3.8, 4) is 0 Å². The predicted octanol–water partition coefficient (Wildman–Crippen LogP) is 2.37. The number of nitrogens with zero attached hydrogens (tertiary/aromatic N) is 2. The Kier molecular flexibility index (Phi) is 4.67. The van der Waals surface area contributed by atoms with Crippen LogP contribution in [0.5, 0.6) is 0 Å². The van der Waals surface area contributed by atoms with E-state index >= 15 is 0 Å². The molecule has 118 valence electrons. The highest BCUT2D eigenvalue weighted by molar-refractivity contribution is 5.21. The molecule has 1 N–H and O–H groups in total. The number of hydrogen-bond acceptors (Lipinski definition) is 4. The van der Waals surface area contributed by atoms with Gasteiger partial charge in [-0.05, 0) is 46.3 Å². The fourth-order valence-corrected chi connectivity index (χ4v) is 3.86. The van der Waals surface area contributed by atoms with Gasteiger partial charge in [-0.25, -0.2) is 0 Å². The first kappa shape index (κ1) is 15.1. The van der Waals surface area contributed by atoms with Gasteiger partial charge in [-0.15, -0.1) is 0 Å². The van der Waals surface area contributed by atoms with Crippen LogP contribution >= 0.6 is 0 Å². The molecule has 4 nitrogen and oxygen atoms in total. The summed E-state index contributed by atoms with van der Waals surface area (Å²) < 4.78 is 5.84. The first-order valence-electron chi connectivity index (χ1n) is 8.38. The van der Waals surface area contributed by atoms with E-state index in [1.165, 1.54) is 44.5 Å². The fourth-order valence-electron chi connectivity index (χ4n) is 3.86. The van der Waals surface area contributed by atoms with Crippen molar-refractivity contribution in [2.75, 3.05) is 26.7 Å². The minimum atomic E-state index is 0.640. The quantitative estimate of drug-likeness (QED) is 0.923. The lowest BCUT2D eigenvalue weighted by atomic mass is 9.97. The smallest absolute Gasteiger partial charge is 0.118 e. The van der Waals surface area contributed by atoms with Gasteiger partial charge in [-0.2, -0.15) is 0 Å². The molecule has 0 saturated carbocycles. The monoisotopic (exact) mass is 291 g/mol. The highest BCUT2D eigenvalue weighted by Gasteiger charge is 2.33. The van der Waals surface area contributed by atoms with Crippen molar-refractivity contribution in [2.45, 2.75) is 58.3 Å². The molecule has 3 heterocycles.